The molecule has 0 fully saturated rings. The fraction of sp³-hybridized carbons (Fsp3) is 0.200. The second-order valence-electron chi connectivity index (χ2n) is 1.44. The van der Waals surface area contributed by atoms with E-state index in [1.165, 1.54) is 6.26 Å². The number of anilines is 1. The molecule has 0 aromatic carbocycles. The van der Waals surface area contributed by atoms with Crippen LogP contribution in [0.2, 0.25) is 0 Å². The van der Waals surface area contributed by atoms with Gasteiger partial charge in [0, 0.05) is 6.07 Å². The van der Waals surface area contributed by atoms with Crippen molar-refractivity contribution in [2.45, 2.75) is 0 Å². The first-order valence-electron chi connectivity index (χ1n) is 2.50. The zero-order valence-electron chi connectivity index (χ0n) is 4.70. The van der Waals surface area contributed by atoms with Crippen LogP contribution < -0.4 is 5.32 Å². The maximum atomic E-state index is 9.55. The summed E-state index contributed by atoms with van der Waals surface area (Å²) < 4.78 is 4.83. The third kappa shape index (κ3) is 1.56. The first-order valence-corrected chi connectivity index (χ1v) is 2.50. The van der Waals surface area contributed by atoms with Crippen molar-refractivity contribution in [2.24, 2.45) is 5.18 Å². The van der Waals surface area contributed by atoms with Crippen LogP contribution in [0.5, 0.6) is 0 Å². The SMILES string of the molecule is O=NCNc1ccco1. The summed E-state index contributed by atoms with van der Waals surface area (Å²) in [6.45, 7) is 0.0491. The molecular weight excluding hydrogens is 120 g/mol. The fourth-order valence-corrected chi connectivity index (χ4v) is 0.489. The zero-order chi connectivity index (χ0) is 6.53. The Kier molecular flexibility index (Phi) is 1.85. The Hall–Kier alpha value is -1.32. The van der Waals surface area contributed by atoms with Crippen molar-refractivity contribution >= 4 is 5.88 Å². The first-order chi connectivity index (χ1) is 4.43. The van der Waals surface area contributed by atoms with Crippen LogP contribution in [0.4, 0.5) is 5.88 Å². The van der Waals surface area contributed by atoms with E-state index in [0.29, 0.717) is 5.88 Å². The number of furan rings is 1. The van der Waals surface area contributed by atoms with Crippen molar-refractivity contribution < 1.29 is 4.42 Å². The molecule has 0 radical (unpaired) electrons. The van der Waals surface area contributed by atoms with Gasteiger partial charge in [-0.15, -0.1) is 4.91 Å². The van der Waals surface area contributed by atoms with Gasteiger partial charge in [0.05, 0.1) is 6.26 Å². The third-order valence-corrected chi connectivity index (χ3v) is 0.839. The maximum Gasteiger partial charge on any atom is 0.194 e. The Morgan fingerprint density at radius 1 is 1.78 bits per heavy atom. The van der Waals surface area contributed by atoms with Crippen LogP contribution in [0.1, 0.15) is 0 Å². The highest BCUT2D eigenvalue weighted by molar-refractivity contribution is 5.28. The molecule has 0 amide bonds. The Balaban J connectivity index is 2.38. The molecule has 1 heterocycles. The largest absolute Gasteiger partial charge is 0.449 e. The van der Waals surface area contributed by atoms with Crippen LogP contribution in [0, 0.1) is 4.91 Å². The number of nitroso groups, excluding NO2 is 1. The van der Waals surface area contributed by atoms with E-state index in [4.69, 9.17) is 4.42 Å². The molecule has 0 saturated heterocycles. The van der Waals surface area contributed by atoms with Gasteiger partial charge in [0.1, 0.15) is 0 Å². The van der Waals surface area contributed by atoms with Crippen LogP contribution in [0.3, 0.4) is 0 Å². The predicted octanol–water partition coefficient (Wildman–Crippen LogP) is 1.42. The van der Waals surface area contributed by atoms with Crippen LogP contribution in [0.15, 0.2) is 28.0 Å². The molecule has 1 rings (SSSR count). The Labute approximate surface area is 51.8 Å². The van der Waals surface area contributed by atoms with E-state index in [0.717, 1.165) is 0 Å². The average molecular weight is 126 g/mol. The van der Waals surface area contributed by atoms with Gasteiger partial charge in [0.25, 0.3) is 0 Å². The fourth-order valence-electron chi connectivity index (χ4n) is 0.489. The van der Waals surface area contributed by atoms with Crippen molar-refractivity contribution in [2.75, 3.05) is 12.0 Å². The summed E-state index contributed by atoms with van der Waals surface area (Å²) in [4.78, 5) is 9.55. The molecule has 1 aromatic rings. The highest BCUT2D eigenvalue weighted by Gasteiger charge is 1.88. The first kappa shape index (κ1) is 5.81. The molecule has 1 N–H and O–H groups in total. The summed E-state index contributed by atoms with van der Waals surface area (Å²) in [5.74, 6) is 0.564. The van der Waals surface area contributed by atoms with E-state index in [9.17, 15) is 4.91 Å². The van der Waals surface area contributed by atoms with Crippen molar-refractivity contribution in [3.63, 3.8) is 0 Å². The van der Waals surface area contributed by atoms with Crippen molar-refractivity contribution in [3.05, 3.63) is 23.3 Å². The zero-order valence-corrected chi connectivity index (χ0v) is 4.70. The highest BCUT2D eigenvalue weighted by Crippen LogP contribution is 2.04. The lowest BCUT2D eigenvalue weighted by atomic mass is 10.6. The van der Waals surface area contributed by atoms with E-state index < -0.39 is 0 Å². The Bertz CT molecular complexity index is 171. The minimum atomic E-state index is 0.0491. The average Bonchev–Trinajstić information content (AvgIpc) is 2.34. The smallest absolute Gasteiger partial charge is 0.194 e. The Morgan fingerprint density at radius 2 is 2.67 bits per heavy atom. The molecule has 48 valence electrons. The van der Waals surface area contributed by atoms with Crippen LogP contribution >= 0.6 is 0 Å². The van der Waals surface area contributed by atoms with Crippen LogP contribution in [-0.2, 0) is 0 Å². The molecule has 4 nitrogen and oxygen atoms in total. The van der Waals surface area contributed by atoms with E-state index >= 15 is 0 Å². The number of hydrogen-bond donors (Lipinski definition) is 1. The summed E-state index contributed by atoms with van der Waals surface area (Å²) in [7, 11) is 0. The second kappa shape index (κ2) is 2.86. The Morgan fingerprint density at radius 3 is 3.22 bits per heavy atom. The molecule has 0 atom stereocenters. The van der Waals surface area contributed by atoms with E-state index in [-0.39, 0.29) is 6.67 Å². The molecule has 1 aromatic heterocycles. The summed E-state index contributed by atoms with van der Waals surface area (Å²) in [6.07, 6.45) is 1.52. The van der Waals surface area contributed by atoms with Gasteiger partial charge in [-0.25, -0.2) is 0 Å². The molecule has 9 heavy (non-hydrogen) atoms. The normalized spacial score (nSPS) is 8.89. The minimum absolute atomic E-state index is 0.0491. The maximum absolute atomic E-state index is 9.55. The standard InChI is InChI=1S/C5H6N2O2/c8-7-4-6-5-2-1-3-9-5/h1-3,6H,4H2. The van der Waals surface area contributed by atoms with Gasteiger partial charge in [0.2, 0.25) is 0 Å². The topological polar surface area (TPSA) is 54.6 Å². The summed E-state index contributed by atoms with van der Waals surface area (Å²) in [5.41, 5.74) is 0. The number of nitrogens with one attached hydrogen (secondary N) is 1. The number of nitrogens with zero attached hydrogens (tertiary/aromatic N) is 1. The monoisotopic (exact) mass is 126 g/mol. The second-order valence-corrected chi connectivity index (χ2v) is 1.44. The summed E-state index contributed by atoms with van der Waals surface area (Å²) in [5, 5.41) is 5.22. The molecule has 0 aliphatic carbocycles. The molecule has 0 aliphatic heterocycles. The lowest BCUT2D eigenvalue weighted by Crippen LogP contribution is -1.94. The van der Waals surface area contributed by atoms with Gasteiger partial charge >= 0.3 is 0 Å². The number of rotatable bonds is 3. The van der Waals surface area contributed by atoms with Crippen molar-refractivity contribution in [1.82, 2.24) is 0 Å². The van der Waals surface area contributed by atoms with Gasteiger partial charge in [-0.1, -0.05) is 0 Å². The summed E-state index contributed by atoms with van der Waals surface area (Å²) in [6, 6.07) is 3.44. The van der Waals surface area contributed by atoms with E-state index in [1.54, 1.807) is 12.1 Å². The molecule has 0 unspecified atom stereocenters. The van der Waals surface area contributed by atoms with Gasteiger partial charge in [0.15, 0.2) is 12.6 Å². The van der Waals surface area contributed by atoms with Gasteiger partial charge in [-0.2, -0.15) is 0 Å². The lowest BCUT2D eigenvalue weighted by Gasteiger charge is -1.91. The van der Waals surface area contributed by atoms with Gasteiger partial charge in [-0.05, 0) is 11.2 Å². The quantitative estimate of drug-likeness (QED) is 0.623. The van der Waals surface area contributed by atoms with Crippen LogP contribution in [-0.4, -0.2) is 6.67 Å². The molecule has 4 heteroatoms. The third-order valence-electron chi connectivity index (χ3n) is 0.839. The van der Waals surface area contributed by atoms with Crippen LogP contribution in [0.25, 0.3) is 0 Å². The van der Waals surface area contributed by atoms with Gasteiger partial charge in [-0.3, -0.25) is 0 Å². The molecule has 0 bridgehead atoms. The highest BCUT2D eigenvalue weighted by atomic mass is 16.3. The van der Waals surface area contributed by atoms with Gasteiger partial charge < -0.3 is 9.73 Å². The lowest BCUT2D eigenvalue weighted by molar-refractivity contribution is 0.579. The molecular formula is C5H6N2O2. The molecule has 0 saturated carbocycles. The molecule has 0 aliphatic rings. The van der Waals surface area contributed by atoms with E-state index in [2.05, 4.69) is 10.5 Å². The predicted molar refractivity (Wildman–Crippen MR) is 33.0 cm³/mol. The minimum Gasteiger partial charge on any atom is -0.449 e. The van der Waals surface area contributed by atoms with Crippen molar-refractivity contribution in [3.8, 4) is 0 Å². The van der Waals surface area contributed by atoms with Crippen molar-refractivity contribution in [1.29, 1.82) is 0 Å². The molecule has 0 spiro atoms. The summed E-state index contributed by atoms with van der Waals surface area (Å²) >= 11 is 0. The van der Waals surface area contributed by atoms with E-state index in [1.807, 2.05) is 0 Å². The number of hydrogen-bond acceptors (Lipinski definition) is 4.